The molecule has 0 saturated heterocycles. The van der Waals surface area contributed by atoms with Crippen LogP contribution in [0.1, 0.15) is 0 Å². The Labute approximate surface area is 90.5 Å². The van der Waals surface area contributed by atoms with Gasteiger partial charge in [0.05, 0.1) is 0 Å². The van der Waals surface area contributed by atoms with Gasteiger partial charge in [-0.15, -0.1) is 0 Å². The van der Waals surface area contributed by atoms with Crippen molar-refractivity contribution in [2.45, 2.75) is 0 Å². The van der Waals surface area contributed by atoms with E-state index in [2.05, 4.69) is 0 Å². The Bertz CT molecular complexity index is 197. The maximum Gasteiger partial charge on any atom is 1.00 e. The van der Waals surface area contributed by atoms with E-state index in [0.717, 1.165) is 0 Å². The Balaban J connectivity index is -0.0000000457. The van der Waals surface area contributed by atoms with E-state index in [1.807, 2.05) is 0 Å². The first-order chi connectivity index (χ1) is 4.00. The predicted molar refractivity (Wildman–Crippen MR) is 31.2 cm³/mol. The molecule has 0 aromatic rings. The van der Waals surface area contributed by atoms with E-state index in [9.17, 15) is 0 Å². The van der Waals surface area contributed by atoms with Crippen LogP contribution in [-0.4, -0.2) is 27.3 Å². The van der Waals surface area contributed by atoms with Gasteiger partial charge < -0.3 is 20.8 Å². The molecular formula is H7NNaO8PS. The van der Waals surface area contributed by atoms with Crippen LogP contribution in [0.2, 0.25) is 0 Å². The topological polar surface area (TPSA) is 190 Å². The summed E-state index contributed by atoms with van der Waals surface area (Å²) in [6, 6.07) is 0. The summed E-state index contributed by atoms with van der Waals surface area (Å²) in [6.45, 7) is 0. The maximum absolute atomic E-state index is 8.77. The van der Waals surface area contributed by atoms with Gasteiger partial charge >= 0.3 is 40.0 Å². The fraction of sp³-hybridized carbons (Fsp3) is 0. The van der Waals surface area contributed by atoms with Crippen LogP contribution in [0, 0.1) is 0 Å². The van der Waals surface area contributed by atoms with Crippen LogP contribution in [0.15, 0.2) is 0 Å². The average Bonchev–Trinajstić information content (AvgIpc) is 1.12. The molecule has 0 heterocycles. The van der Waals surface area contributed by atoms with Crippen molar-refractivity contribution in [3.05, 3.63) is 0 Å². The van der Waals surface area contributed by atoms with Crippen molar-refractivity contribution in [1.29, 1.82) is 0 Å². The smallest absolute Gasteiger partial charge is 0.756 e. The van der Waals surface area contributed by atoms with E-state index in [4.69, 9.17) is 36.8 Å². The first-order valence-electron chi connectivity index (χ1n) is 1.46. The molecule has 12 heteroatoms. The van der Waals surface area contributed by atoms with Gasteiger partial charge in [-0.05, 0) is 0 Å². The molecular weight excluding hydrogens is 228 g/mol. The number of hydrogen-bond acceptors (Lipinski definition) is 5. The summed E-state index contributed by atoms with van der Waals surface area (Å²) in [5.41, 5.74) is 0. The van der Waals surface area contributed by atoms with E-state index >= 15 is 0 Å². The Hall–Kier alpha value is 0.940. The monoisotopic (exact) mass is 235 g/mol. The molecule has 0 bridgehead atoms. The molecule has 0 fully saturated rings. The van der Waals surface area contributed by atoms with Gasteiger partial charge in [0.15, 0.2) is 0 Å². The second kappa shape index (κ2) is 8.53. The Morgan fingerprint density at radius 1 is 1.17 bits per heavy atom. The minimum Gasteiger partial charge on any atom is -0.756 e. The Morgan fingerprint density at radius 3 is 1.17 bits per heavy atom. The molecule has 0 unspecified atom stereocenters. The second-order valence-electron chi connectivity index (χ2n) is 0.938. The summed E-state index contributed by atoms with van der Waals surface area (Å²) in [5.74, 6) is 0. The van der Waals surface area contributed by atoms with Crippen molar-refractivity contribution in [3.8, 4) is 0 Å². The molecule has 0 rings (SSSR count). The van der Waals surface area contributed by atoms with E-state index in [0.29, 0.717) is 0 Å². The minimum atomic E-state index is -4.89. The van der Waals surface area contributed by atoms with Crippen LogP contribution in [0.25, 0.3) is 0 Å². The molecule has 0 aliphatic heterocycles. The molecule has 0 amide bonds. The van der Waals surface area contributed by atoms with E-state index in [-0.39, 0.29) is 35.7 Å². The maximum atomic E-state index is 8.77. The third-order valence-electron chi connectivity index (χ3n) is 0. The van der Waals surface area contributed by atoms with Crippen LogP contribution in [0.3, 0.4) is 0 Å². The van der Waals surface area contributed by atoms with Crippen molar-refractivity contribution in [2.75, 3.05) is 0 Å². The summed E-state index contributed by atoms with van der Waals surface area (Å²) >= 11 is 0. The molecule has 72 valence electrons. The fourth-order valence-corrected chi connectivity index (χ4v) is 0. The predicted octanol–water partition coefficient (Wildman–Crippen LogP) is -5.05. The molecule has 0 aliphatic carbocycles. The summed E-state index contributed by atoms with van der Waals surface area (Å²) in [4.78, 5) is 22.9. The molecule has 0 atom stereocenters. The van der Waals surface area contributed by atoms with E-state index in [1.165, 1.54) is 0 Å². The van der Waals surface area contributed by atoms with Gasteiger partial charge in [0.2, 0.25) is 0 Å². The summed E-state index contributed by atoms with van der Waals surface area (Å²) in [6.07, 6.45) is 0. The molecule has 0 spiro atoms. The van der Waals surface area contributed by atoms with Crippen molar-refractivity contribution < 1.29 is 66.3 Å². The van der Waals surface area contributed by atoms with Crippen LogP contribution in [0.4, 0.5) is 0 Å². The van der Waals surface area contributed by atoms with Gasteiger partial charge in [0.25, 0.3) is 7.82 Å². The minimum absolute atomic E-state index is 0. The van der Waals surface area contributed by atoms with Gasteiger partial charge in [-0.2, -0.15) is 8.42 Å². The van der Waals surface area contributed by atoms with Crippen LogP contribution >= 0.6 is 7.82 Å². The van der Waals surface area contributed by atoms with Crippen LogP contribution in [-0.2, 0) is 15.0 Å². The Morgan fingerprint density at radius 2 is 1.17 bits per heavy atom. The number of phosphoric acid groups is 1. The van der Waals surface area contributed by atoms with E-state index < -0.39 is 18.2 Å². The van der Waals surface area contributed by atoms with Crippen molar-refractivity contribution in [1.82, 2.24) is 6.15 Å². The van der Waals surface area contributed by atoms with Gasteiger partial charge in [0.1, 0.15) is 0 Å². The van der Waals surface area contributed by atoms with Crippen LogP contribution in [0.5, 0.6) is 0 Å². The van der Waals surface area contributed by atoms with Crippen LogP contribution < -0.4 is 40.6 Å². The summed E-state index contributed by atoms with van der Waals surface area (Å²) in [7, 11) is -9.56. The third-order valence-corrected chi connectivity index (χ3v) is 0. The van der Waals surface area contributed by atoms with Gasteiger partial charge in [-0.3, -0.25) is 13.7 Å². The van der Waals surface area contributed by atoms with Crippen molar-refractivity contribution in [2.24, 2.45) is 0 Å². The molecule has 0 radical (unpaired) electrons. The zero-order chi connectivity index (χ0) is 9.00. The molecule has 0 aromatic carbocycles. The summed E-state index contributed by atoms with van der Waals surface area (Å²) in [5, 5.41) is 0. The molecule has 12 heavy (non-hydrogen) atoms. The molecule has 9 nitrogen and oxygen atoms in total. The number of hydrogen-bond donors (Lipinski definition) is 5. The standard InChI is InChI=1S/H3N.Na.H3O4P.H2O4S/c;;2*1-5(2,3)4/h1H3;;(H3,1,2,3,4);(H2,1,2,3,4)/q;+1;;/p-1. The molecule has 7 N–H and O–H groups in total. The Kier molecular flexibility index (Phi) is 16.4. The van der Waals surface area contributed by atoms with Crippen molar-refractivity contribution in [3.63, 3.8) is 0 Å². The second-order valence-corrected chi connectivity index (χ2v) is 2.82. The third kappa shape index (κ3) is 1220. The molecule has 0 aromatic heterocycles. The largest absolute Gasteiger partial charge is 1.00 e. The first kappa shape index (κ1) is 23.1. The normalized spacial score (nSPS) is 9.75. The van der Waals surface area contributed by atoms with Gasteiger partial charge in [-0.1, -0.05) is 0 Å². The average molecular weight is 235 g/mol. The zero-order valence-corrected chi connectivity index (χ0v) is 9.70. The zero-order valence-electron chi connectivity index (χ0n) is 5.98. The molecule has 0 aliphatic rings. The van der Waals surface area contributed by atoms with E-state index in [1.54, 1.807) is 0 Å². The molecule has 0 saturated carbocycles. The number of rotatable bonds is 0. The first-order valence-corrected chi connectivity index (χ1v) is 4.39. The van der Waals surface area contributed by atoms with Gasteiger partial charge in [0, 0.05) is 0 Å². The van der Waals surface area contributed by atoms with Gasteiger partial charge in [-0.25, -0.2) is 0 Å². The quantitative estimate of drug-likeness (QED) is 0.155. The SMILES string of the molecule is N.O=P([O-])(O)O.O=S(=O)(O)O.[Na+]. The fourth-order valence-electron chi connectivity index (χ4n) is 0. The summed E-state index contributed by atoms with van der Waals surface area (Å²) < 4.78 is 40.4. The van der Waals surface area contributed by atoms with Crippen molar-refractivity contribution >= 4 is 18.2 Å².